The van der Waals surface area contributed by atoms with Crippen molar-refractivity contribution in [1.29, 1.82) is 5.53 Å². The standard InChI is InChI=1S/C14H23N3O5S/c1-9(2)22-14(20)12(6-5-11(18)7-16-15)17-13(19)8-23(21)10(3)4/h7,9-10,12,15H,5-6,8H2,1-4H3/p+1/t12-,23?/m0/s1. The Balaban J connectivity index is 4.80. The van der Waals surface area contributed by atoms with E-state index in [4.69, 9.17) is 10.3 Å². The van der Waals surface area contributed by atoms with Crippen LogP contribution in [0.3, 0.4) is 0 Å². The number of ketones is 1. The van der Waals surface area contributed by atoms with E-state index in [0.29, 0.717) is 0 Å². The maximum atomic E-state index is 12.0. The molecule has 0 aliphatic carbocycles. The Labute approximate surface area is 138 Å². The van der Waals surface area contributed by atoms with Gasteiger partial charge in [0.2, 0.25) is 11.7 Å². The van der Waals surface area contributed by atoms with Crippen LogP contribution in [0.1, 0.15) is 40.5 Å². The molecule has 0 aromatic rings. The van der Waals surface area contributed by atoms with E-state index in [9.17, 15) is 18.6 Å². The van der Waals surface area contributed by atoms with Gasteiger partial charge >= 0.3 is 12.2 Å². The number of carbonyl (C=O) groups excluding carboxylic acids is 3. The Morgan fingerprint density at radius 3 is 2.35 bits per heavy atom. The lowest BCUT2D eigenvalue weighted by Crippen LogP contribution is -2.45. The summed E-state index contributed by atoms with van der Waals surface area (Å²) in [4.78, 5) is 38.1. The Morgan fingerprint density at radius 1 is 1.26 bits per heavy atom. The third-order valence-electron chi connectivity index (χ3n) is 2.66. The molecule has 0 radical (unpaired) electrons. The molecular formula is C14H24N3O5S+. The first-order valence-electron chi connectivity index (χ1n) is 7.27. The van der Waals surface area contributed by atoms with Gasteiger partial charge in [0.05, 0.1) is 16.4 Å². The molecular weight excluding hydrogens is 322 g/mol. The second kappa shape index (κ2) is 10.8. The van der Waals surface area contributed by atoms with E-state index in [1.54, 1.807) is 27.7 Å². The molecule has 0 heterocycles. The topological polar surface area (TPSA) is 127 Å². The van der Waals surface area contributed by atoms with Crippen LogP contribution in [0.2, 0.25) is 0 Å². The lowest BCUT2D eigenvalue weighted by molar-refractivity contribution is -0.151. The summed E-state index contributed by atoms with van der Waals surface area (Å²) in [7, 11) is -1.34. The van der Waals surface area contributed by atoms with Crippen LogP contribution in [-0.2, 0) is 29.9 Å². The first-order valence-corrected chi connectivity index (χ1v) is 8.65. The minimum Gasteiger partial charge on any atom is -0.461 e. The molecule has 0 bridgehead atoms. The van der Waals surface area contributed by atoms with Crippen LogP contribution in [0.25, 0.3) is 0 Å². The first kappa shape index (κ1) is 21.1. The highest BCUT2D eigenvalue weighted by atomic mass is 32.2. The molecule has 9 heteroatoms. The van der Waals surface area contributed by atoms with Gasteiger partial charge in [-0.05, 0) is 20.3 Å². The Hall–Kier alpha value is -1.86. The number of nitrogens with one attached hydrogen (secondary N) is 2. The van der Waals surface area contributed by atoms with Crippen molar-refractivity contribution in [3.05, 3.63) is 0 Å². The van der Waals surface area contributed by atoms with E-state index < -0.39 is 34.5 Å². The zero-order valence-electron chi connectivity index (χ0n) is 13.8. The zero-order chi connectivity index (χ0) is 18.0. The average Bonchev–Trinajstić information content (AvgIpc) is 2.42. The SMILES string of the molecule is CC(C)OC(=O)[C@H](CCC(=O)C=[N+]=N)NC(=O)CS(=O)C(C)C. The number of esters is 1. The summed E-state index contributed by atoms with van der Waals surface area (Å²) in [5.74, 6) is -1.84. The van der Waals surface area contributed by atoms with Gasteiger partial charge in [0.1, 0.15) is 11.8 Å². The first-order chi connectivity index (χ1) is 10.7. The van der Waals surface area contributed by atoms with E-state index in [1.165, 1.54) is 0 Å². The molecule has 8 nitrogen and oxygen atoms in total. The van der Waals surface area contributed by atoms with Gasteiger partial charge in [-0.1, -0.05) is 13.8 Å². The van der Waals surface area contributed by atoms with Crippen molar-refractivity contribution < 1.29 is 28.1 Å². The van der Waals surface area contributed by atoms with E-state index in [1.807, 2.05) is 0 Å². The summed E-state index contributed by atoms with van der Waals surface area (Å²) in [5.41, 5.74) is 6.58. The summed E-state index contributed by atoms with van der Waals surface area (Å²) in [6, 6.07) is -1.00. The van der Waals surface area contributed by atoms with E-state index in [-0.39, 0.29) is 29.9 Å². The van der Waals surface area contributed by atoms with E-state index in [0.717, 1.165) is 6.21 Å². The molecule has 0 saturated carbocycles. The third kappa shape index (κ3) is 9.70. The summed E-state index contributed by atoms with van der Waals surface area (Å²) in [6.07, 6.45) is 0.433. The van der Waals surface area contributed by atoms with E-state index in [2.05, 4.69) is 10.1 Å². The Morgan fingerprint density at radius 2 is 1.87 bits per heavy atom. The predicted molar refractivity (Wildman–Crippen MR) is 84.6 cm³/mol. The minimum atomic E-state index is -1.34. The van der Waals surface area contributed by atoms with Crippen molar-refractivity contribution in [3.8, 4) is 0 Å². The second-order valence-electron chi connectivity index (χ2n) is 5.44. The summed E-state index contributed by atoms with van der Waals surface area (Å²) < 4.78 is 16.7. The molecule has 0 spiro atoms. The number of amides is 1. The van der Waals surface area contributed by atoms with Crippen LogP contribution in [-0.4, -0.2) is 56.0 Å². The molecule has 1 unspecified atom stereocenters. The maximum Gasteiger partial charge on any atom is 0.372 e. The Kier molecular flexibility index (Phi) is 9.92. The van der Waals surface area contributed by atoms with Gasteiger partial charge in [0.25, 0.3) is 0 Å². The quantitative estimate of drug-likeness (QED) is 0.253. The monoisotopic (exact) mass is 346 g/mol. The van der Waals surface area contributed by atoms with Crippen LogP contribution < -0.4 is 5.32 Å². The van der Waals surface area contributed by atoms with Crippen molar-refractivity contribution in [3.63, 3.8) is 0 Å². The second-order valence-corrected chi connectivity index (χ2v) is 7.44. The Bertz CT molecular complexity index is 513. The highest BCUT2D eigenvalue weighted by Crippen LogP contribution is 2.04. The molecule has 0 fully saturated rings. The molecule has 0 saturated heterocycles. The fraction of sp³-hybridized carbons (Fsp3) is 0.714. The van der Waals surface area contributed by atoms with Crippen LogP contribution in [0.4, 0.5) is 0 Å². The van der Waals surface area contributed by atoms with Crippen molar-refractivity contribution in [2.75, 3.05) is 5.75 Å². The van der Waals surface area contributed by atoms with E-state index >= 15 is 0 Å². The fourth-order valence-electron chi connectivity index (χ4n) is 1.52. The molecule has 0 aromatic heterocycles. The fourth-order valence-corrected chi connectivity index (χ4v) is 2.19. The molecule has 0 aliphatic rings. The lowest BCUT2D eigenvalue weighted by Gasteiger charge is -2.18. The zero-order valence-corrected chi connectivity index (χ0v) is 14.6. The summed E-state index contributed by atoms with van der Waals surface area (Å²) >= 11 is 0. The van der Waals surface area contributed by atoms with Crippen molar-refractivity contribution in [1.82, 2.24) is 5.32 Å². The number of ether oxygens (including phenoxy) is 1. The van der Waals surface area contributed by atoms with Gasteiger partial charge in [0.15, 0.2) is 0 Å². The number of hydrogen-bond donors (Lipinski definition) is 2. The molecule has 2 atom stereocenters. The van der Waals surface area contributed by atoms with Gasteiger partial charge < -0.3 is 10.1 Å². The number of nitrogens with zero attached hydrogens (tertiary/aromatic N) is 1. The van der Waals surface area contributed by atoms with Crippen molar-refractivity contribution >= 4 is 34.7 Å². The molecule has 2 N–H and O–H groups in total. The molecule has 23 heavy (non-hydrogen) atoms. The molecule has 1 amide bonds. The summed E-state index contributed by atoms with van der Waals surface area (Å²) in [5, 5.41) is 2.29. The van der Waals surface area contributed by atoms with Gasteiger partial charge in [0, 0.05) is 22.5 Å². The smallest absolute Gasteiger partial charge is 0.372 e. The molecule has 0 rings (SSSR count). The number of rotatable bonds is 10. The largest absolute Gasteiger partial charge is 0.461 e. The summed E-state index contributed by atoms with van der Waals surface area (Å²) in [6.45, 7) is 6.80. The normalized spacial score (nSPS) is 13.1. The minimum absolute atomic E-state index is 0.0243. The number of hydrogen-bond acceptors (Lipinski definition) is 6. The molecule has 0 aliphatic heterocycles. The van der Waals surface area contributed by atoms with Crippen molar-refractivity contribution in [2.24, 2.45) is 0 Å². The van der Waals surface area contributed by atoms with Crippen molar-refractivity contribution in [2.45, 2.75) is 57.9 Å². The average molecular weight is 346 g/mol. The van der Waals surface area contributed by atoms with Crippen LogP contribution in [0.5, 0.6) is 0 Å². The highest BCUT2D eigenvalue weighted by Gasteiger charge is 2.25. The molecule has 130 valence electrons. The number of carbonyl (C=O) groups is 3. The van der Waals surface area contributed by atoms with Gasteiger partial charge in [-0.25, -0.2) is 4.79 Å². The highest BCUT2D eigenvalue weighted by molar-refractivity contribution is 7.86. The van der Waals surface area contributed by atoms with Crippen LogP contribution >= 0.6 is 0 Å². The van der Waals surface area contributed by atoms with Gasteiger partial charge in [-0.2, -0.15) is 0 Å². The van der Waals surface area contributed by atoms with Gasteiger partial charge in [-0.3, -0.25) is 13.8 Å². The number of Topliss-reactive ketones (excluding diaryl/α,β-unsaturated/α-hetero) is 1. The molecule has 0 aromatic carbocycles. The predicted octanol–water partition coefficient (Wildman–Crippen LogP) is 0.239. The lowest BCUT2D eigenvalue weighted by atomic mass is 10.1. The third-order valence-corrected chi connectivity index (χ3v) is 4.26. The van der Waals surface area contributed by atoms with Gasteiger partial charge in [-0.15, -0.1) is 0 Å². The maximum absolute atomic E-state index is 12.0. The van der Waals surface area contributed by atoms with Crippen LogP contribution in [0, 0.1) is 5.53 Å². The van der Waals surface area contributed by atoms with Crippen LogP contribution in [0.15, 0.2) is 0 Å².